The van der Waals surface area contributed by atoms with Gasteiger partial charge >= 0.3 is 0 Å². The summed E-state index contributed by atoms with van der Waals surface area (Å²) in [4.78, 5) is 12.6. The minimum absolute atomic E-state index is 0.209. The molecule has 7 heteroatoms. The summed E-state index contributed by atoms with van der Waals surface area (Å²) in [5.41, 5.74) is 1.03. The molecule has 0 unspecified atom stereocenters. The van der Waals surface area contributed by atoms with Crippen LogP contribution < -0.4 is 10.1 Å². The SMILES string of the molecule is CCN(CC)S(=O)(=O)c1ccc(NC(=O)c2ccc(OCC(C)C)cc2)cc1. The van der Waals surface area contributed by atoms with E-state index in [2.05, 4.69) is 19.2 Å². The lowest BCUT2D eigenvalue weighted by Gasteiger charge is -2.18. The third-order valence-electron chi connectivity index (χ3n) is 4.16. The molecule has 0 spiro atoms. The molecule has 28 heavy (non-hydrogen) atoms. The maximum Gasteiger partial charge on any atom is 0.255 e. The van der Waals surface area contributed by atoms with Crippen LogP contribution in [0.25, 0.3) is 0 Å². The van der Waals surface area contributed by atoms with Crippen molar-refractivity contribution in [1.82, 2.24) is 4.31 Å². The molecular formula is C21H28N2O4S. The zero-order valence-electron chi connectivity index (χ0n) is 16.8. The van der Waals surface area contributed by atoms with Crippen molar-refractivity contribution in [2.45, 2.75) is 32.6 Å². The topological polar surface area (TPSA) is 75.7 Å². The number of carbonyl (C=O) groups is 1. The van der Waals surface area contributed by atoms with E-state index < -0.39 is 10.0 Å². The third kappa shape index (κ3) is 5.56. The van der Waals surface area contributed by atoms with Crippen molar-refractivity contribution in [3.63, 3.8) is 0 Å². The second-order valence-electron chi connectivity index (χ2n) is 6.80. The minimum Gasteiger partial charge on any atom is -0.493 e. The number of hydrogen-bond acceptors (Lipinski definition) is 4. The molecule has 1 N–H and O–H groups in total. The Hall–Kier alpha value is -2.38. The van der Waals surface area contributed by atoms with Crippen molar-refractivity contribution < 1.29 is 17.9 Å². The van der Waals surface area contributed by atoms with Gasteiger partial charge in [0.15, 0.2) is 0 Å². The van der Waals surface area contributed by atoms with Crippen LogP contribution in [-0.2, 0) is 10.0 Å². The third-order valence-corrected chi connectivity index (χ3v) is 6.22. The minimum atomic E-state index is -3.51. The number of anilines is 1. The first kappa shape index (κ1) is 21.9. The number of sulfonamides is 1. The van der Waals surface area contributed by atoms with Crippen LogP contribution >= 0.6 is 0 Å². The fourth-order valence-electron chi connectivity index (χ4n) is 2.59. The number of nitrogens with one attached hydrogen (secondary N) is 1. The van der Waals surface area contributed by atoms with E-state index in [9.17, 15) is 13.2 Å². The van der Waals surface area contributed by atoms with E-state index in [0.29, 0.717) is 36.9 Å². The van der Waals surface area contributed by atoms with Crippen LogP contribution in [0.3, 0.4) is 0 Å². The summed E-state index contributed by atoms with van der Waals surface area (Å²) in [6, 6.07) is 13.1. The molecule has 0 bridgehead atoms. The van der Waals surface area contributed by atoms with E-state index >= 15 is 0 Å². The molecule has 6 nitrogen and oxygen atoms in total. The largest absolute Gasteiger partial charge is 0.493 e. The highest BCUT2D eigenvalue weighted by Crippen LogP contribution is 2.19. The Kier molecular flexibility index (Phi) is 7.60. The van der Waals surface area contributed by atoms with Crippen molar-refractivity contribution in [2.24, 2.45) is 5.92 Å². The van der Waals surface area contributed by atoms with Crippen LogP contribution in [-0.4, -0.2) is 38.3 Å². The average Bonchev–Trinajstić information content (AvgIpc) is 2.68. The Bertz CT molecular complexity index is 872. The van der Waals surface area contributed by atoms with Gasteiger partial charge in [0.05, 0.1) is 11.5 Å². The lowest BCUT2D eigenvalue weighted by molar-refractivity contribution is 0.102. The number of benzene rings is 2. The Morgan fingerprint density at radius 3 is 2.07 bits per heavy atom. The molecule has 2 aromatic rings. The van der Waals surface area contributed by atoms with Gasteiger partial charge in [0.25, 0.3) is 5.91 Å². The number of carbonyl (C=O) groups excluding carboxylic acids is 1. The van der Waals surface area contributed by atoms with Gasteiger partial charge < -0.3 is 10.1 Å². The highest BCUT2D eigenvalue weighted by atomic mass is 32.2. The summed E-state index contributed by atoms with van der Waals surface area (Å²) < 4.78 is 32.0. The first-order valence-corrected chi connectivity index (χ1v) is 10.9. The summed E-state index contributed by atoms with van der Waals surface area (Å²) in [7, 11) is -3.51. The molecule has 0 radical (unpaired) electrons. The molecule has 0 saturated heterocycles. The van der Waals surface area contributed by atoms with Gasteiger partial charge in [-0.15, -0.1) is 0 Å². The van der Waals surface area contributed by atoms with Gasteiger partial charge in [0.2, 0.25) is 10.0 Å². The molecule has 0 heterocycles. The molecular weight excluding hydrogens is 376 g/mol. The quantitative estimate of drug-likeness (QED) is 0.685. The van der Waals surface area contributed by atoms with Crippen molar-refractivity contribution in [3.8, 4) is 5.75 Å². The van der Waals surface area contributed by atoms with Gasteiger partial charge in [0, 0.05) is 24.3 Å². The number of amides is 1. The standard InChI is InChI=1S/C21H28N2O4S/c1-5-23(6-2)28(25,26)20-13-9-18(10-14-20)22-21(24)17-7-11-19(12-8-17)27-15-16(3)4/h7-14,16H,5-6,15H2,1-4H3,(H,22,24). The molecule has 1 amide bonds. The van der Waals surface area contributed by atoms with E-state index in [1.54, 1.807) is 50.2 Å². The van der Waals surface area contributed by atoms with Gasteiger partial charge in [-0.05, 0) is 54.4 Å². The maximum absolute atomic E-state index is 12.5. The number of hydrogen-bond donors (Lipinski definition) is 1. The van der Waals surface area contributed by atoms with Gasteiger partial charge in [-0.25, -0.2) is 8.42 Å². The molecule has 0 aromatic heterocycles. The molecule has 0 saturated carbocycles. The highest BCUT2D eigenvalue weighted by molar-refractivity contribution is 7.89. The smallest absolute Gasteiger partial charge is 0.255 e. The highest BCUT2D eigenvalue weighted by Gasteiger charge is 2.21. The number of rotatable bonds is 9. The fraction of sp³-hybridized carbons (Fsp3) is 0.381. The Morgan fingerprint density at radius 2 is 1.57 bits per heavy atom. The molecule has 0 aliphatic carbocycles. The zero-order chi connectivity index (χ0) is 20.7. The van der Waals surface area contributed by atoms with Gasteiger partial charge in [0.1, 0.15) is 5.75 Å². The maximum atomic E-state index is 12.5. The van der Waals surface area contributed by atoms with Crippen LogP contribution in [0.2, 0.25) is 0 Å². The second-order valence-corrected chi connectivity index (χ2v) is 8.73. The normalized spacial score (nSPS) is 11.6. The second kappa shape index (κ2) is 9.71. The molecule has 152 valence electrons. The van der Waals surface area contributed by atoms with E-state index in [-0.39, 0.29) is 10.8 Å². The van der Waals surface area contributed by atoms with Crippen molar-refractivity contribution >= 4 is 21.6 Å². The van der Waals surface area contributed by atoms with Crippen LogP contribution in [0.4, 0.5) is 5.69 Å². The first-order valence-electron chi connectivity index (χ1n) is 9.42. The summed E-state index contributed by atoms with van der Waals surface area (Å²) in [5, 5.41) is 2.78. The molecule has 0 aliphatic heterocycles. The van der Waals surface area contributed by atoms with E-state index in [1.165, 1.54) is 16.4 Å². The van der Waals surface area contributed by atoms with Gasteiger partial charge in [-0.2, -0.15) is 4.31 Å². The van der Waals surface area contributed by atoms with Gasteiger partial charge in [-0.3, -0.25) is 4.79 Å². The molecule has 0 fully saturated rings. The zero-order valence-corrected chi connectivity index (χ0v) is 17.6. The Labute approximate surface area is 167 Å². The Morgan fingerprint density at radius 1 is 1.00 bits per heavy atom. The van der Waals surface area contributed by atoms with Crippen molar-refractivity contribution in [1.29, 1.82) is 0 Å². The predicted octanol–water partition coefficient (Wildman–Crippen LogP) is 4.00. The van der Waals surface area contributed by atoms with E-state index in [1.807, 2.05) is 0 Å². The number of ether oxygens (including phenoxy) is 1. The first-order chi connectivity index (χ1) is 13.3. The lowest BCUT2D eigenvalue weighted by atomic mass is 10.2. The molecule has 2 aromatic carbocycles. The van der Waals surface area contributed by atoms with Crippen molar-refractivity contribution in [3.05, 3.63) is 54.1 Å². The van der Waals surface area contributed by atoms with Crippen LogP contribution in [0.5, 0.6) is 5.75 Å². The van der Waals surface area contributed by atoms with Crippen LogP contribution in [0.15, 0.2) is 53.4 Å². The predicted molar refractivity (Wildman–Crippen MR) is 111 cm³/mol. The summed E-state index contributed by atoms with van der Waals surface area (Å²) in [6.45, 7) is 9.18. The van der Waals surface area contributed by atoms with Crippen molar-refractivity contribution in [2.75, 3.05) is 25.0 Å². The summed E-state index contributed by atoms with van der Waals surface area (Å²) >= 11 is 0. The number of nitrogens with zero attached hydrogens (tertiary/aromatic N) is 1. The fourth-order valence-corrected chi connectivity index (χ4v) is 4.05. The monoisotopic (exact) mass is 404 g/mol. The molecule has 2 rings (SSSR count). The summed E-state index contributed by atoms with van der Waals surface area (Å²) in [6.07, 6.45) is 0. The van der Waals surface area contributed by atoms with E-state index in [0.717, 1.165) is 5.75 Å². The molecule has 0 aliphatic rings. The van der Waals surface area contributed by atoms with E-state index in [4.69, 9.17) is 4.74 Å². The molecule has 0 atom stereocenters. The lowest BCUT2D eigenvalue weighted by Crippen LogP contribution is -2.30. The van der Waals surface area contributed by atoms with Gasteiger partial charge in [-0.1, -0.05) is 27.7 Å². The Balaban J connectivity index is 2.04. The summed E-state index contributed by atoms with van der Waals surface area (Å²) in [5.74, 6) is 0.877. The van der Waals surface area contributed by atoms with Crippen LogP contribution in [0.1, 0.15) is 38.1 Å². The van der Waals surface area contributed by atoms with Crippen LogP contribution in [0, 0.1) is 5.92 Å². The average molecular weight is 405 g/mol.